The molecule has 1 saturated heterocycles. The standard InChI is InChI=1S/C22H24ClNO2S2/c23-17-7-8-19-16(12-17)13-21(18-5-1-2-6-20(18)28-19)27-11-10-24-9-3-4-15(14-24)22(25)26/h1-2,5-8,12,15,21H,3-4,9-11,13-14H2,(H,25,26)/t15?,21-/m1/s1. The van der Waals surface area contributed by atoms with E-state index in [1.807, 2.05) is 29.6 Å². The van der Waals surface area contributed by atoms with Gasteiger partial charge in [-0.1, -0.05) is 41.6 Å². The predicted molar refractivity (Wildman–Crippen MR) is 118 cm³/mol. The molecule has 2 aliphatic heterocycles. The third-order valence-electron chi connectivity index (χ3n) is 5.49. The lowest BCUT2D eigenvalue weighted by Crippen LogP contribution is -2.39. The van der Waals surface area contributed by atoms with Crippen molar-refractivity contribution in [1.82, 2.24) is 4.90 Å². The van der Waals surface area contributed by atoms with E-state index >= 15 is 0 Å². The molecule has 1 unspecified atom stereocenters. The first kappa shape index (κ1) is 20.1. The van der Waals surface area contributed by atoms with Gasteiger partial charge in [0.15, 0.2) is 0 Å². The van der Waals surface area contributed by atoms with Crippen molar-refractivity contribution in [3.63, 3.8) is 0 Å². The maximum absolute atomic E-state index is 11.3. The number of carboxylic acid groups (broad SMARTS) is 1. The Labute approximate surface area is 179 Å². The largest absolute Gasteiger partial charge is 0.481 e. The summed E-state index contributed by atoms with van der Waals surface area (Å²) in [5.41, 5.74) is 2.71. The molecule has 0 aromatic heterocycles. The fourth-order valence-corrected chi connectivity index (χ4v) is 6.73. The maximum atomic E-state index is 11.3. The number of halogens is 1. The Morgan fingerprint density at radius 3 is 2.96 bits per heavy atom. The third kappa shape index (κ3) is 4.70. The zero-order valence-electron chi connectivity index (χ0n) is 15.6. The van der Waals surface area contributed by atoms with E-state index in [2.05, 4.69) is 41.3 Å². The van der Waals surface area contributed by atoms with Gasteiger partial charge in [0.1, 0.15) is 0 Å². The first-order chi connectivity index (χ1) is 13.6. The minimum Gasteiger partial charge on any atom is -0.481 e. The van der Waals surface area contributed by atoms with Gasteiger partial charge in [0.2, 0.25) is 0 Å². The van der Waals surface area contributed by atoms with E-state index in [1.54, 1.807) is 0 Å². The zero-order valence-corrected chi connectivity index (χ0v) is 18.0. The van der Waals surface area contributed by atoms with Gasteiger partial charge in [0.05, 0.1) is 5.92 Å². The number of carbonyl (C=O) groups is 1. The van der Waals surface area contributed by atoms with Crippen LogP contribution in [-0.4, -0.2) is 41.4 Å². The van der Waals surface area contributed by atoms with Crippen LogP contribution in [0.4, 0.5) is 0 Å². The van der Waals surface area contributed by atoms with Crippen LogP contribution >= 0.6 is 35.1 Å². The highest BCUT2D eigenvalue weighted by Gasteiger charge is 2.26. The van der Waals surface area contributed by atoms with Crippen molar-refractivity contribution in [3.05, 3.63) is 58.6 Å². The van der Waals surface area contributed by atoms with Crippen LogP contribution in [0.2, 0.25) is 5.02 Å². The summed E-state index contributed by atoms with van der Waals surface area (Å²) in [4.78, 5) is 16.2. The van der Waals surface area contributed by atoms with E-state index in [4.69, 9.17) is 11.6 Å². The van der Waals surface area contributed by atoms with Crippen molar-refractivity contribution < 1.29 is 9.90 Å². The molecule has 2 atom stereocenters. The van der Waals surface area contributed by atoms with Crippen molar-refractivity contribution >= 4 is 41.1 Å². The molecule has 3 nitrogen and oxygen atoms in total. The number of hydrogen-bond donors (Lipinski definition) is 1. The summed E-state index contributed by atoms with van der Waals surface area (Å²) in [7, 11) is 0. The quantitative estimate of drug-likeness (QED) is 0.662. The molecule has 28 heavy (non-hydrogen) atoms. The van der Waals surface area contributed by atoms with Crippen molar-refractivity contribution in [2.75, 3.05) is 25.4 Å². The number of piperidine rings is 1. The first-order valence-corrected chi connectivity index (χ1v) is 12.0. The van der Waals surface area contributed by atoms with Gasteiger partial charge in [-0.25, -0.2) is 0 Å². The average Bonchev–Trinajstić information content (AvgIpc) is 2.84. The summed E-state index contributed by atoms with van der Waals surface area (Å²) in [6, 6.07) is 14.9. The molecule has 0 saturated carbocycles. The third-order valence-corrected chi connectivity index (χ3v) is 8.18. The summed E-state index contributed by atoms with van der Waals surface area (Å²) < 4.78 is 0. The van der Waals surface area contributed by atoms with Crippen molar-refractivity contribution in [1.29, 1.82) is 0 Å². The minimum absolute atomic E-state index is 0.206. The Kier molecular flexibility index (Phi) is 6.56. The smallest absolute Gasteiger partial charge is 0.307 e. The molecule has 2 aliphatic rings. The lowest BCUT2D eigenvalue weighted by Gasteiger charge is -2.30. The van der Waals surface area contributed by atoms with Crippen LogP contribution in [0.3, 0.4) is 0 Å². The summed E-state index contributed by atoms with van der Waals surface area (Å²) in [5, 5.41) is 10.5. The number of nitrogens with zero attached hydrogens (tertiary/aromatic N) is 1. The topological polar surface area (TPSA) is 40.5 Å². The van der Waals surface area contributed by atoms with E-state index in [9.17, 15) is 9.90 Å². The first-order valence-electron chi connectivity index (χ1n) is 9.72. The van der Waals surface area contributed by atoms with E-state index in [1.165, 1.54) is 20.9 Å². The van der Waals surface area contributed by atoms with Crippen LogP contribution in [0.15, 0.2) is 52.3 Å². The molecular formula is C22H24ClNO2S2. The van der Waals surface area contributed by atoms with Gasteiger partial charge in [0, 0.05) is 38.9 Å². The zero-order chi connectivity index (χ0) is 19.5. The SMILES string of the molecule is O=C(O)C1CCCN(CCS[C@@H]2Cc3cc(Cl)ccc3Sc3ccccc32)C1. The van der Waals surface area contributed by atoms with E-state index < -0.39 is 5.97 Å². The highest BCUT2D eigenvalue weighted by molar-refractivity contribution is 8.00. The van der Waals surface area contributed by atoms with Crippen molar-refractivity contribution in [3.8, 4) is 0 Å². The predicted octanol–water partition coefficient (Wildman–Crippen LogP) is 5.62. The number of thioether (sulfide) groups is 1. The molecule has 2 heterocycles. The Morgan fingerprint density at radius 1 is 1.25 bits per heavy atom. The Hall–Kier alpha value is -1.14. The number of fused-ring (bicyclic) bond motifs is 2. The van der Waals surface area contributed by atoms with Crippen LogP contribution in [0.5, 0.6) is 0 Å². The molecule has 2 aromatic carbocycles. The van der Waals surface area contributed by atoms with Crippen LogP contribution in [0.1, 0.15) is 29.2 Å². The second-order valence-corrected chi connectivity index (χ2v) is 10.3. The molecule has 4 rings (SSSR count). The number of carboxylic acids is 1. The lowest BCUT2D eigenvalue weighted by molar-refractivity contribution is -0.143. The van der Waals surface area contributed by atoms with Crippen LogP contribution < -0.4 is 0 Å². The van der Waals surface area contributed by atoms with Gasteiger partial charge in [0.25, 0.3) is 0 Å². The molecule has 2 aromatic rings. The van der Waals surface area contributed by atoms with Gasteiger partial charge in [-0.3, -0.25) is 4.79 Å². The van der Waals surface area contributed by atoms with E-state index in [0.717, 1.165) is 43.1 Å². The van der Waals surface area contributed by atoms with Crippen molar-refractivity contribution in [2.45, 2.75) is 34.3 Å². The Bertz CT molecular complexity index is 860. The summed E-state index contributed by atoms with van der Waals surface area (Å²) >= 11 is 10.1. The molecule has 0 aliphatic carbocycles. The molecule has 0 amide bonds. The molecule has 0 radical (unpaired) electrons. The number of likely N-dealkylation sites (tertiary alicyclic amines) is 1. The monoisotopic (exact) mass is 433 g/mol. The van der Waals surface area contributed by atoms with Crippen LogP contribution in [0, 0.1) is 5.92 Å². The fourth-order valence-electron chi connectivity index (χ4n) is 4.01. The number of benzene rings is 2. The maximum Gasteiger partial charge on any atom is 0.307 e. The van der Waals surface area contributed by atoms with Gasteiger partial charge in [-0.05, 0) is 61.2 Å². The second kappa shape index (κ2) is 9.12. The summed E-state index contributed by atoms with van der Waals surface area (Å²) in [5.74, 6) is 0.148. The van der Waals surface area contributed by atoms with Gasteiger partial charge >= 0.3 is 5.97 Å². The molecule has 0 spiro atoms. The second-order valence-electron chi connectivity index (χ2n) is 7.43. The number of rotatable bonds is 5. The van der Waals surface area contributed by atoms with Crippen LogP contribution in [0.25, 0.3) is 0 Å². The number of hydrogen-bond acceptors (Lipinski definition) is 4. The lowest BCUT2D eigenvalue weighted by atomic mass is 9.98. The van der Waals surface area contributed by atoms with Crippen LogP contribution in [-0.2, 0) is 11.2 Å². The van der Waals surface area contributed by atoms with E-state index in [-0.39, 0.29) is 5.92 Å². The Morgan fingerprint density at radius 2 is 2.11 bits per heavy atom. The molecule has 148 valence electrons. The molecular weight excluding hydrogens is 410 g/mol. The Balaban J connectivity index is 1.45. The highest BCUT2D eigenvalue weighted by atomic mass is 35.5. The molecule has 0 bridgehead atoms. The normalized spacial score (nSPS) is 22.2. The number of aliphatic carboxylic acids is 1. The highest BCUT2D eigenvalue weighted by Crippen LogP contribution is 2.46. The van der Waals surface area contributed by atoms with Crippen molar-refractivity contribution in [2.24, 2.45) is 5.92 Å². The van der Waals surface area contributed by atoms with Gasteiger partial charge in [-0.15, -0.1) is 0 Å². The average molecular weight is 434 g/mol. The van der Waals surface area contributed by atoms with Gasteiger partial charge < -0.3 is 10.0 Å². The van der Waals surface area contributed by atoms with E-state index in [0.29, 0.717) is 11.8 Å². The summed E-state index contributed by atoms with van der Waals surface area (Å²) in [6.45, 7) is 2.65. The molecule has 1 fully saturated rings. The molecule has 1 N–H and O–H groups in total. The van der Waals surface area contributed by atoms with Gasteiger partial charge in [-0.2, -0.15) is 11.8 Å². The summed E-state index contributed by atoms with van der Waals surface area (Å²) in [6.07, 6.45) is 2.77. The molecule has 6 heteroatoms. The fraction of sp³-hybridized carbons (Fsp3) is 0.409. The minimum atomic E-state index is -0.652.